The summed E-state index contributed by atoms with van der Waals surface area (Å²) in [6, 6.07) is 7.05. The molecular formula is C16H22ClN3O2. The third kappa shape index (κ3) is 4.63. The van der Waals surface area contributed by atoms with Gasteiger partial charge in [-0.15, -0.1) is 0 Å². The standard InChI is InChI=1S/C16H22ClN3O2/c1-2-15(21)18-10-12-6-5-9-20(11-12)16(22)19-14-8-4-3-7-13(14)17/h3-4,7-8,12H,2,5-6,9-11H2,1H3,(H,18,21)(H,19,22)/t12-/m0/s1. The van der Waals surface area contributed by atoms with Gasteiger partial charge in [-0.1, -0.05) is 30.7 Å². The number of rotatable bonds is 4. The smallest absolute Gasteiger partial charge is 0.321 e. The van der Waals surface area contributed by atoms with Crippen LogP contribution in [0.4, 0.5) is 10.5 Å². The molecule has 0 unspecified atom stereocenters. The van der Waals surface area contributed by atoms with E-state index in [1.807, 2.05) is 19.1 Å². The largest absolute Gasteiger partial charge is 0.356 e. The molecule has 1 aliphatic rings. The first-order valence-corrected chi connectivity index (χ1v) is 8.05. The van der Waals surface area contributed by atoms with Crippen LogP contribution in [0.2, 0.25) is 5.02 Å². The topological polar surface area (TPSA) is 61.4 Å². The lowest BCUT2D eigenvalue weighted by molar-refractivity contribution is -0.121. The number of carbonyl (C=O) groups excluding carboxylic acids is 2. The molecule has 120 valence electrons. The molecule has 1 heterocycles. The van der Waals surface area contributed by atoms with Crippen molar-refractivity contribution in [1.29, 1.82) is 0 Å². The molecule has 5 nitrogen and oxygen atoms in total. The first kappa shape index (κ1) is 16.6. The summed E-state index contributed by atoms with van der Waals surface area (Å²) in [5, 5.41) is 6.27. The third-order valence-electron chi connectivity index (χ3n) is 3.83. The highest BCUT2D eigenvalue weighted by Crippen LogP contribution is 2.22. The van der Waals surface area contributed by atoms with Gasteiger partial charge in [-0.3, -0.25) is 4.79 Å². The fraction of sp³-hybridized carbons (Fsp3) is 0.500. The van der Waals surface area contributed by atoms with E-state index in [0.717, 1.165) is 19.4 Å². The number of piperidine rings is 1. The van der Waals surface area contributed by atoms with Crippen molar-refractivity contribution in [3.8, 4) is 0 Å². The maximum atomic E-state index is 12.3. The van der Waals surface area contributed by atoms with Gasteiger partial charge < -0.3 is 15.5 Å². The third-order valence-corrected chi connectivity index (χ3v) is 4.16. The van der Waals surface area contributed by atoms with Crippen molar-refractivity contribution >= 4 is 29.2 Å². The summed E-state index contributed by atoms with van der Waals surface area (Å²) in [4.78, 5) is 25.4. The first-order chi connectivity index (χ1) is 10.6. The highest BCUT2D eigenvalue weighted by atomic mass is 35.5. The zero-order chi connectivity index (χ0) is 15.9. The van der Waals surface area contributed by atoms with Gasteiger partial charge in [0.1, 0.15) is 0 Å². The predicted octanol–water partition coefficient (Wildman–Crippen LogP) is 3.11. The summed E-state index contributed by atoms with van der Waals surface area (Å²) in [6.07, 6.45) is 2.46. The minimum absolute atomic E-state index is 0.0534. The van der Waals surface area contributed by atoms with E-state index in [9.17, 15) is 9.59 Å². The van der Waals surface area contributed by atoms with Crippen molar-refractivity contribution in [1.82, 2.24) is 10.2 Å². The lowest BCUT2D eigenvalue weighted by Crippen LogP contribution is -2.45. The number of amides is 3. The Labute approximate surface area is 136 Å². The number of halogens is 1. The van der Waals surface area contributed by atoms with Crippen molar-refractivity contribution in [2.24, 2.45) is 5.92 Å². The van der Waals surface area contributed by atoms with Crippen LogP contribution in [-0.4, -0.2) is 36.5 Å². The molecule has 0 aromatic heterocycles. The first-order valence-electron chi connectivity index (χ1n) is 7.67. The van der Waals surface area contributed by atoms with Crippen LogP contribution in [0.25, 0.3) is 0 Å². The average molecular weight is 324 g/mol. The number of para-hydroxylation sites is 1. The van der Waals surface area contributed by atoms with Crippen LogP contribution >= 0.6 is 11.6 Å². The molecule has 2 rings (SSSR count). The van der Waals surface area contributed by atoms with Gasteiger partial charge in [-0.2, -0.15) is 0 Å². The van der Waals surface area contributed by atoms with Crippen molar-refractivity contribution in [2.75, 3.05) is 25.0 Å². The lowest BCUT2D eigenvalue weighted by atomic mass is 9.98. The van der Waals surface area contributed by atoms with Gasteiger partial charge in [0.2, 0.25) is 5.91 Å². The van der Waals surface area contributed by atoms with Crippen molar-refractivity contribution in [3.05, 3.63) is 29.3 Å². The SMILES string of the molecule is CCC(=O)NC[C@@H]1CCCN(C(=O)Nc2ccccc2Cl)C1. The predicted molar refractivity (Wildman–Crippen MR) is 88.1 cm³/mol. The van der Waals surface area contributed by atoms with Gasteiger partial charge in [0.15, 0.2) is 0 Å². The van der Waals surface area contributed by atoms with E-state index in [2.05, 4.69) is 10.6 Å². The summed E-state index contributed by atoms with van der Waals surface area (Å²) in [5.74, 6) is 0.360. The molecule has 1 aromatic carbocycles. The second kappa shape index (κ2) is 8.03. The Kier molecular flexibility index (Phi) is 6.07. The summed E-state index contributed by atoms with van der Waals surface area (Å²) in [5.41, 5.74) is 0.621. The Hall–Kier alpha value is -1.75. The molecule has 22 heavy (non-hydrogen) atoms. The average Bonchev–Trinajstić information content (AvgIpc) is 2.55. The minimum atomic E-state index is -0.139. The van der Waals surface area contributed by atoms with E-state index in [0.29, 0.717) is 36.1 Å². The Bertz CT molecular complexity index is 536. The number of hydrogen-bond donors (Lipinski definition) is 2. The van der Waals surface area contributed by atoms with E-state index in [1.165, 1.54) is 0 Å². The van der Waals surface area contributed by atoms with Gasteiger partial charge in [0, 0.05) is 26.1 Å². The molecule has 1 atom stereocenters. The van der Waals surface area contributed by atoms with Crippen molar-refractivity contribution in [2.45, 2.75) is 26.2 Å². The van der Waals surface area contributed by atoms with Crippen LogP contribution in [0.1, 0.15) is 26.2 Å². The number of urea groups is 1. The highest BCUT2D eigenvalue weighted by molar-refractivity contribution is 6.33. The van der Waals surface area contributed by atoms with Crippen LogP contribution in [0.15, 0.2) is 24.3 Å². The van der Waals surface area contributed by atoms with Gasteiger partial charge in [0.25, 0.3) is 0 Å². The maximum Gasteiger partial charge on any atom is 0.321 e. The highest BCUT2D eigenvalue weighted by Gasteiger charge is 2.24. The number of anilines is 1. The fourth-order valence-electron chi connectivity index (χ4n) is 2.56. The Morgan fingerprint density at radius 3 is 2.86 bits per heavy atom. The molecule has 1 aliphatic heterocycles. The zero-order valence-electron chi connectivity index (χ0n) is 12.8. The number of nitrogens with zero attached hydrogens (tertiary/aromatic N) is 1. The van der Waals surface area contributed by atoms with Gasteiger partial charge in [-0.05, 0) is 30.9 Å². The summed E-state index contributed by atoms with van der Waals surface area (Å²) >= 11 is 6.06. The molecular weight excluding hydrogens is 302 g/mol. The number of nitrogens with one attached hydrogen (secondary N) is 2. The van der Waals surface area contributed by atoms with E-state index >= 15 is 0 Å². The fourth-order valence-corrected chi connectivity index (χ4v) is 2.74. The number of carbonyl (C=O) groups is 2. The Morgan fingerprint density at radius 1 is 1.36 bits per heavy atom. The number of hydrogen-bond acceptors (Lipinski definition) is 2. The molecule has 0 spiro atoms. The molecule has 0 aliphatic carbocycles. The molecule has 2 N–H and O–H groups in total. The summed E-state index contributed by atoms with van der Waals surface area (Å²) in [7, 11) is 0. The van der Waals surface area contributed by atoms with E-state index in [4.69, 9.17) is 11.6 Å². The van der Waals surface area contributed by atoms with Gasteiger partial charge in [-0.25, -0.2) is 4.79 Å². The molecule has 1 saturated heterocycles. The second-order valence-electron chi connectivity index (χ2n) is 5.52. The molecule has 0 bridgehead atoms. The maximum absolute atomic E-state index is 12.3. The minimum Gasteiger partial charge on any atom is -0.356 e. The Morgan fingerprint density at radius 2 is 2.14 bits per heavy atom. The Balaban J connectivity index is 1.87. The molecule has 6 heteroatoms. The van der Waals surface area contributed by atoms with Crippen molar-refractivity contribution in [3.63, 3.8) is 0 Å². The molecule has 1 fully saturated rings. The van der Waals surface area contributed by atoms with Crippen LogP contribution in [0, 0.1) is 5.92 Å². The zero-order valence-corrected chi connectivity index (χ0v) is 13.5. The lowest BCUT2D eigenvalue weighted by Gasteiger charge is -2.33. The van der Waals surface area contributed by atoms with Crippen LogP contribution in [0.5, 0.6) is 0 Å². The van der Waals surface area contributed by atoms with E-state index < -0.39 is 0 Å². The number of likely N-dealkylation sites (tertiary alicyclic amines) is 1. The normalized spacial score (nSPS) is 17.9. The summed E-state index contributed by atoms with van der Waals surface area (Å²) < 4.78 is 0. The van der Waals surface area contributed by atoms with Crippen molar-refractivity contribution < 1.29 is 9.59 Å². The second-order valence-corrected chi connectivity index (χ2v) is 5.93. The van der Waals surface area contributed by atoms with E-state index in [1.54, 1.807) is 17.0 Å². The monoisotopic (exact) mass is 323 g/mol. The van der Waals surface area contributed by atoms with Crippen LogP contribution < -0.4 is 10.6 Å². The van der Waals surface area contributed by atoms with Crippen LogP contribution in [0.3, 0.4) is 0 Å². The number of benzene rings is 1. The van der Waals surface area contributed by atoms with Gasteiger partial charge in [0.05, 0.1) is 10.7 Å². The van der Waals surface area contributed by atoms with Gasteiger partial charge >= 0.3 is 6.03 Å². The summed E-state index contributed by atoms with van der Waals surface area (Å²) in [6.45, 7) is 3.84. The quantitative estimate of drug-likeness (QED) is 0.894. The van der Waals surface area contributed by atoms with Crippen LogP contribution in [-0.2, 0) is 4.79 Å². The molecule has 1 aromatic rings. The molecule has 3 amide bonds. The van der Waals surface area contributed by atoms with E-state index in [-0.39, 0.29) is 11.9 Å². The molecule has 0 saturated carbocycles. The molecule has 0 radical (unpaired) electrons.